The number of rotatable bonds is 15. The number of amides is 1. The fourth-order valence-electron chi connectivity index (χ4n) is 5.10. The van der Waals surface area contributed by atoms with Crippen molar-refractivity contribution in [2.24, 2.45) is 0 Å². The van der Waals surface area contributed by atoms with Crippen LogP contribution < -0.4 is 10.5 Å². The maximum absolute atomic E-state index is 13.4. The number of unbranched alkanes of at least 4 members (excludes halogenated alkanes) is 3. The SMILES string of the molecule is CON(c1ccncc1C(=O)NCCCCCCO)N(OC)C(c1ccccc1)(c1ccccc1)c1ccccc1. The van der Waals surface area contributed by atoms with Crippen LogP contribution in [0.15, 0.2) is 109 Å². The second-order valence-corrected chi connectivity index (χ2v) is 9.51. The summed E-state index contributed by atoms with van der Waals surface area (Å²) in [5, 5.41) is 15.2. The van der Waals surface area contributed by atoms with Gasteiger partial charge in [0, 0.05) is 25.5 Å². The Hall–Kier alpha value is -4.08. The lowest BCUT2D eigenvalue weighted by Crippen LogP contribution is -2.56. The summed E-state index contributed by atoms with van der Waals surface area (Å²) in [6.07, 6.45) is 6.59. The predicted octanol–water partition coefficient (Wildman–Crippen LogP) is 5.50. The lowest BCUT2D eigenvalue weighted by Gasteiger charge is -2.47. The zero-order chi connectivity index (χ0) is 28.9. The Morgan fingerprint density at radius 1 is 0.780 bits per heavy atom. The molecular formula is C33H38N4O4. The van der Waals surface area contributed by atoms with Crippen LogP contribution in [0.3, 0.4) is 0 Å². The van der Waals surface area contributed by atoms with Crippen LogP contribution in [0.5, 0.6) is 0 Å². The molecule has 1 aromatic heterocycles. The van der Waals surface area contributed by atoms with E-state index in [2.05, 4.69) is 46.7 Å². The van der Waals surface area contributed by atoms with Crippen molar-refractivity contribution in [3.63, 3.8) is 0 Å². The summed E-state index contributed by atoms with van der Waals surface area (Å²) in [6, 6.07) is 31.9. The number of aliphatic hydroxyl groups is 1. The minimum absolute atomic E-state index is 0.185. The van der Waals surface area contributed by atoms with E-state index in [1.807, 2.05) is 54.6 Å². The molecule has 4 rings (SSSR count). The van der Waals surface area contributed by atoms with Gasteiger partial charge in [0.1, 0.15) is 11.2 Å². The number of hydrazine groups is 1. The summed E-state index contributed by atoms with van der Waals surface area (Å²) in [5.74, 6) is -0.266. The van der Waals surface area contributed by atoms with Crippen molar-refractivity contribution >= 4 is 11.6 Å². The number of pyridine rings is 1. The van der Waals surface area contributed by atoms with Gasteiger partial charge in [-0.05, 0) is 35.6 Å². The number of hydrogen-bond acceptors (Lipinski definition) is 7. The van der Waals surface area contributed by atoms with Crippen LogP contribution in [-0.4, -0.2) is 48.5 Å². The number of nitrogens with one attached hydrogen (secondary N) is 1. The van der Waals surface area contributed by atoms with Gasteiger partial charge < -0.3 is 10.4 Å². The van der Waals surface area contributed by atoms with Crippen molar-refractivity contribution in [3.8, 4) is 0 Å². The van der Waals surface area contributed by atoms with Gasteiger partial charge in [-0.2, -0.15) is 5.17 Å². The molecule has 0 spiro atoms. The van der Waals surface area contributed by atoms with E-state index < -0.39 is 5.54 Å². The minimum Gasteiger partial charge on any atom is -0.396 e. The average molecular weight is 555 g/mol. The van der Waals surface area contributed by atoms with Crippen molar-refractivity contribution in [1.82, 2.24) is 15.5 Å². The third-order valence-electron chi connectivity index (χ3n) is 6.99. The number of anilines is 1. The second-order valence-electron chi connectivity index (χ2n) is 9.51. The highest BCUT2D eigenvalue weighted by Crippen LogP contribution is 2.44. The van der Waals surface area contributed by atoms with Crippen LogP contribution in [0.2, 0.25) is 0 Å². The lowest BCUT2D eigenvalue weighted by molar-refractivity contribution is -0.242. The van der Waals surface area contributed by atoms with Crippen LogP contribution in [0.25, 0.3) is 0 Å². The number of aliphatic hydroxyl groups excluding tert-OH is 1. The van der Waals surface area contributed by atoms with Crippen molar-refractivity contribution < 1.29 is 19.6 Å². The minimum atomic E-state index is -1.02. The molecule has 2 N–H and O–H groups in total. The number of aromatic nitrogens is 1. The summed E-state index contributed by atoms with van der Waals surface area (Å²) in [7, 11) is 3.13. The molecule has 0 saturated heterocycles. The third kappa shape index (κ3) is 6.64. The zero-order valence-corrected chi connectivity index (χ0v) is 23.6. The zero-order valence-electron chi connectivity index (χ0n) is 23.6. The first-order chi connectivity index (χ1) is 20.2. The van der Waals surface area contributed by atoms with Gasteiger partial charge in [-0.1, -0.05) is 109 Å². The topological polar surface area (TPSA) is 87.2 Å². The molecule has 41 heavy (non-hydrogen) atoms. The van der Waals surface area contributed by atoms with E-state index >= 15 is 0 Å². The van der Waals surface area contributed by atoms with Crippen molar-refractivity contribution in [2.75, 3.05) is 32.5 Å². The number of hydroxylamine groups is 1. The molecule has 0 atom stereocenters. The molecule has 4 aromatic rings. The van der Waals surface area contributed by atoms with Gasteiger partial charge in [0.05, 0.1) is 19.8 Å². The number of carbonyl (C=O) groups is 1. The van der Waals surface area contributed by atoms with Gasteiger partial charge in [0.15, 0.2) is 0 Å². The highest BCUT2D eigenvalue weighted by molar-refractivity contribution is 5.99. The van der Waals surface area contributed by atoms with Gasteiger partial charge in [0.2, 0.25) is 0 Å². The molecule has 1 amide bonds. The number of nitrogens with zero attached hydrogens (tertiary/aromatic N) is 3. The molecular weight excluding hydrogens is 516 g/mol. The van der Waals surface area contributed by atoms with Gasteiger partial charge in [0.25, 0.3) is 5.91 Å². The maximum atomic E-state index is 13.4. The van der Waals surface area contributed by atoms with E-state index in [0.29, 0.717) is 17.8 Å². The van der Waals surface area contributed by atoms with Crippen LogP contribution >= 0.6 is 0 Å². The monoisotopic (exact) mass is 554 g/mol. The quantitative estimate of drug-likeness (QED) is 0.114. The largest absolute Gasteiger partial charge is 0.396 e. The number of carbonyl (C=O) groups excluding carboxylic acids is 1. The van der Waals surface area contributed by atoms with Crippen LogP contribution in [0.4, 0.5) is 5.69 Å². The molecule has 0 radical (unpaired) electrons. The first-order valence-electron chi connectivity index (χ1n) is 13.9. The molecule has 3 aromatic carbocycles. The molecule has 8 heteroatoms. The average Bonchev–Trinajstić information content (AvgIpc) is 3.04. The van der Waals surface area contributed by atoms with Gasteiger partial charge in [-0.15, -0.1) is 0 Å². The number of benzene rings is 3. The number of hydrogen-bond donors (Lipinski definition) is 2. The normalized spacial score (nSPS) is 11.4. The molecule has 214 valence electrons. The van der Waals surface area contributed by atoms with Gasteiger partial charge in [-0.25, -0.2) is 0 Å². The van der Waals surface area contributed by atoms with E-state index in [9.17, 15) is 4.79 Å². The molecule has 0 aliphatic heterocycles. The maximum Gasteiger partial charge on any atom is 0.255 e. The molecule has 0 saturated carbocycles. The Labute approximate surface area is 242 Å². The molecule has 1 heterocycles. The molecule has 0 aliphatic rings. The Balaban J connectivity index is 1.82. The van der Waals surface area contributed by atoms with Crippen LogP contribution in [-0.2, 0) is 15.2 Å². The van der Waals surface area contributed by atoms with Crippen molar-refractivity contribution in [1.29, 1.82) is 0 Å². The van der Waals surface area contributed by atoms with Crippen molar-refractivity contribution in [3.05, 3.63) is 132 Å². The highest BCUT2D eigenvalue weighted by atomic mass is 16.8. The van der Waals surface area contributed by atoms with Crippen LogP contribution in [0, 0.1) is 0 Å². The van der Waals surface area contributed by atoms with Gasteiger partial charge >= 0.3 is 0 Å². The Bertz CT molecular complexity index is 1240. The highest BCUT2D eigenvalue weighted by Gasteiger charge is 2.47. The summed E-state index contributed by atoms with van der Waals surface area (Å²) in [4.78, 5) is 29.9. The lowest BCUT2D eigenvalue weighted by atomic mass is 9.77. The Morgan fingerprint density at radius 2 is 1.32 bits per heavy atom. The van der Waals surface area contributed by atoms with E-state index in [1.54, 1.807) is 31.7 Å². The van der Waals surface area contributed by atoms with E-state index in [4.69, 9.17) is 14.8 Å². The van der Waals surface area contributed by atoms with Crippen LogP contribution in [0.1, 0.15) is 52.7 Å². The first-order valence-corrected chi connectivity index (χ1v) is 13.9. The summed E-state index contributed by atoms with van der Waals surface area (Å²) in [6.45, 7) is 0.701. The molecule has 0 aliphatic carbocycles. The fraction of sp³-hybridized carbons (Fsp3) is 0.273. The molecule has 0 unspecified atom stereocenters. The Morgan fingerprint density at radius 3 is 1.80 bits per heavy atom. The summed E-state index contributed by atoms with van der Waals surface area (Å²) in [5.41, 5.74) is 2.60. The summed E-state index contributed by atoms with van der Waals surface area (Å²) < 4.78 is 0. The Kier molecular flexibility index (Phi) is 11.0. The standard InChI is InChI=1S/C33H38N4O4/c1-40-36(31-22-24-34-26-30(31)32(39)35-23-14-3-4-15-25-38)37(41-2)33(27-16-8-5-9-17-27,28-18-10-6-11-19-28)29-20-12-7-13-21-29/h5-13,16-22,24,26,38H,3-4,14-15,23,25H2,1-2H3,(H,35,39). The smallest absolute Gasteiger partial charge is 0.255 e. The fourth-order valence-corrected chi connectivity index (χ4v) is 5.10. The summed E-state index contributed by atoms with van der Waals surface area (Å²) >= 11 is 0. The van der Waals surface area contributed by atoms with E-state index in [-0.39, 0.29) is 12.5 Å². The third-order valence-corrected chi connectivity index (χ3v) is 6.99. The molecule has 0 fully saturated rings. The van der Waals surface area contributed by atoms with Crippen molar-refractivity contribution in [2.45, 2.75) is 31.2 Å². The van der Waals surface area contributed by atoms with E-state index in [1.165, 1.54) is 11.4 Å². The molecule has 0 bridgehead atoms. The molecule has 8 nitrogen and oxygen atoms in total. The van der Waals surface area contributed by atoms with E-state index in [0.717, 1.165) is 42.4 Å². The first kappa shape index (κ1) is 29.9. The second kappa shape index (κ2) is 15.1. The van der Waals surface area contributed by atoms with Gasteiger partial charge in [-0.3, -0.25) is 19.5 Å². The predicted molar refractivity (Wildman–Crippen MR) is 160 cm³/mol.